The monoisotopic (exact) mass is 258 g/mol. The summed E-state index contributed by atoms with van der Waals surface area (Å²) >= 11 is 1.75. The maximum absolute atomic E-state index is 2.29. The van der Waals surface area contributed by atoms with Gasteiger partial charge in [-0.1, -0.05) is 0 Å². The average Bonchev–Trinajstić information content (AvgIpc) is 2.31. The quantitative estimate of drug-likeness (QED) is 0.726. The zero-order valence-electron chi connectivity index (χ0n) is 8.85. The molecule has 0 aliphatic rings. The van der Waals surface area contributed by atoms with Gasteiger partial charge < -0.3 is 0 Å². The Bertz CT molecular complexity index is 376. The summed E-state index contributed by atoms with van der Waals surface area (Å²) in [4.78, 5) is 0. The van der Waals surface area contributed by atoms with E-state index in [0.717, 1.165) is 0 Å². The van der Waals surface area contributed by atoms with Crippen LogP contribution in [0.3, 0.4) is 0 Å². The Morgan fingerprint density at radius 3 is 1.40 bits per heavy atom. The van der Waals surface area contributed by atoms with Crippen LogP contribution in [0.15, 0.2) is 60.7 Å². The minimum atomic E-state index is 0.148. The minimum absolute atomic E-state index is 0.148. The van der Waals surface area contributed by atoms with E-state index in [1.54, 1.807) is 16.9 Å². The van der Waals surface area contributed by atoms with Crippen molar-refractivity contribution in [3.8, 4) is 0 Å². The van der Waals surface area contributed by atoms with Crippen molar-refractivity contribution in [1.82, 2.24) is 0 Å². The summed E-state index contributed by atoms with van der Waals surface area (Å²) in [6.45, 7) is 2.29. The first-order chi connectivity index (χ1) is 7.21. The molecule has 0 bridgehead atoms. The molecule has 0 aromatic heterocycles. The Morgan fingerprint density at radius 2 is 1.07 bits per heavy atom. The molecule has 0 N–H and O–H groups in total. The van der Waals surface area contributed by atoms with Crippen LogP contribution in [0.2, 0.25) is 0 Å². The van der Waals surface area contributed by atoms with Gasteiger partial charge >= 0.3 is 99.8 Å². The van der Waals surface area contributed by atoms with Crippen molar-refractivity contribution >= 4 is 16.9 Å². The SMILES string of the molecule is CC([AsH2])(c1ccccc1)c1ccccc1. The van der Waals surface area contributed by atoms with E-state index in [-0.39, 0.29) is 4.20 Å². The molecule has 0 aliphatic carbocycles. The van der Waals surface area contributed by atoms with Gasteiger partial charge in [-0.25, -0.2) is 0 Å². The molecule has 2 rings (SSSR count). The average molecular weight is 258 g/mol. The molecule has 1 heteroatoms. The molecule has 1 atom stereocenters. The summed E-state index contributed by atoms with van der Waals surface area (Å²) in [5.41, 5.74) is 2.77. The van der Waals surface area contributed by atoms with Crippen LogP contribution >= 0.6 is 0 Å². The van der Waals surface area contributed by atoms with Crippen molar-refractivity contribution in [2.45, 2.75) is 11.1 Å². The van der Waals surface area contributed by atoms with Crippen molar-refractivity contribution < 1.29 is 0 Å². The van der Waals surface area contributed by atoms with E-state index >= 15 is 0 Å². The van der Waals surface area contributed by atoms with E-state index in [1.165, 1.54) is 11.1 Å². The molecule has 0 amide bonds. The molecule has 0 saturated carbocycles. The van der Waals surface area contributed by atoms with Crippen LogP contribution in [-0.2, 0) is 4.20 Å². The van der Waals surface area contributed by atoms with Crippen molar-refractivity contribution in [3.05, 3.63) is 71.8 Å². The van der Waals surface area contributed by atoms with Gasteiger partial charge in [0.1, 0.15) is 0 Å². The molecule has 76 valence electrons. The van der Waals surface area contributed by atoms with Crippen molar-refractivity contribution in [3.63, 3.8) is 0 Å². The first-order valence-electron chi connectivity index (χ1n) is 5.11. The summed E-state index contributed by atoms with van der Waals surface area (Å²) in [5.74, 6) is 0. The molecule has 0 heterocycles. The first-order valence-corrected chi connectivity index (χ1v) is 6.32. The summed E-state index contributed by atoms with van der Waals surface area (Å²) in [5, 5.41) is 0. The van der Waals surface area contributed by atoms with Crippen LogP contribution in [0.5, 0.6) is 0 Å². The topological polar surface area (TPSA) is 0 Å². The predicted octanol–water partition coefficient (Wildman–Crippen LogP) is 2.58. The van der Waals surface area contributed by atoms with Gasteiger partial charge in [0.15, 0.2) is 0 Å². The molecule has 2 aromatic carbocycles. The Morgan fingerprint density at radius 1 is 0.733 bits per heavy atom. The third-order valence-electron chi connectivity index (χ3n) is 2.75. The number of hydrogen-bond acceptors (Lipinski definition) is 0. The summed E-state index contributed by atoms with van der Waals surface area (Å²) < 4.78 is 0.148. The molecular formula is C14H15As. The fourth-order valence-electron chi connectivity index (χ4n) is 1.74. The van der Waals surface area contributed by atoms with Gasteiger partial charge in [0.25, 0.3) is 0 Å². The van der Waals surface area contributed by atoms with Gasteiger partial charge in [-0.3, -0.25) is 0 Å². The molecule has 0 aliphatic heterocycles. The van der Waals surface area contributed by atoms with Crippen LogP contribution in [0, 0.1) is 0 Å². The van der Waals surface area contributed by atoms with Gasteiger partial charge in [-0.2, -0.15) is 0 Å². The van der Waals surface area contributed by atoms with Gasteiger partial charge in [0.2, 0.25) is 0 Å². The number of rotatable bonds is 2. The molecule has 0 fully saturated rings. The second-order valence-corrected chi connectivity index (χ2v) is 6.36. The summed E-state index contributed by atoms with van der Waals surface area (Å²) in [7, 11) is 0. The maximum atomic E-state index is 2.29. The van der Waals surface area contributed by atoms with E-state index in [0.29, 0.717) is 0 Å². The standard InChI is InChI=1S/C14H15As/c1-14(15,12-8-4-2-5-9-12)13-10-6-3-7-11-13/h2-11H,15H2,1H3. The van der Waals surface area contributed by atoms with E-state index in [1.807, 2.05) is 0 Å². The van der Waals surface area contributed by atoms with Gasteiger partial charge in [-0.15, -0.1) is 0 Å². The van der Waals surface area contributed by atoms with E-state index < -0.39 is 0 Å². The van der Waals surface area contributed by atoms with Crippen molar-refractivity contribution in [1.29, 1.82) is 0 Å². The Hall–Kier alpha value is -1.00. The van der Waals surface area contributed by atoms with Crippen LogP contribution in [0.1, 0.15) is 18.1 Å². The molecule has 1 unspecified atom stereocenters. The van der Waals surface area contributed by atoms with Crippen molar-refractivity contribution in [2.24, 2.45) is 0 Å². The summed E-state index contributed by atoms with van der Waals surface area (Å²) in [6.07, 6.45) is 0. The molecule has 0 saturated heterocycles. The normalized spacial score (nSPS) is 11.3. The van der Waals surface area contributed by atoms with Crippen LogP contribution in [0.25, 0.3) is 0 Å². The number of hydrogen-bond donors (Lipinski definition) is 0. The Balaban J connectivity index is 2.44. The Kier molecular flexibility index (Phi) is 2.97. The van der Waals surface area contributed by atoms with Crippen LogP contribution < -0.4 is 0 Å². The number of benzene rings is 2. The molecule has 2 aromatic rings. The van der Waals surface area contributed by atoms with Gasteiger partial charge in [0, 0.05) is 0 Å². The van der Waals surface area contributed by atoms with E-state index in [2.05, 4.69) is 67.6 Å². The van der Waals surface area contributed by atoms with Crippen LogP contribution in [-0.4, -0.2) is 16.9 Å². The zero-order valence-corrected chi connectivity index (χ0v) is 11.3. The van der Waals surface area contributed by atoms with Crippen molar-refractivity contribution in [2.75, 3.05) is 0 Å². The fourth-order valence-corrected chi connectivity index (χ4v) is 2.54. The summed E-state index contributed by atoms with van der Waals surface area (Å²) in [6, 6.07) is 21.4. The molecule has 0 radical (unpaired) electrons. The van der Waals surface area contributed by atoms with E-state index in [4.69, 9.17) is 0 Å². The second kappa shape index (κ2) is 4.24. The zero-order chi connectivity index (χ0) is 10.7. The first kappa shape index (κ1) is 10.5. The second-order valence-electron chi connectivity index (χ2n) is 3.93. The Labute approximate surface area is 99.8 Å². The molecule has 15 heavy (non-hydrogen) atoms. The molecule has 0 spiro atoms. The molecule has 0 nitrogen and oxygen atoms in total. The van der Waals surface area contributed by atoms with E-state index in [9.17, 15) is 0 Å². The van der Waals surface area contributed by atoms with Crippen LogP contribution in [0.4, 0.5) is 0 Å². The fraction of sp³-hybridized carbons (Fsp3) is 0.143. The van der Waals surface area contributed by atoms with Gasteiger partial charge in [-0.05, 0) is 0 Å². The predicted molar refractivity (Wildman–Crippen MR) is 67.9 cm³/mol. The third kappa shape index (κ3) is 2.16. The molecular weight excluding hydrogens is 243 g/mol. The van der Waals surface area contributed by atoms with Gasteiger partial charge in [0.05, 0.1) is 0 Å². The third-order valence-corrected chi connectivity index (χ3v) is 4.15.